The second-order valence-corrected chi connectivity index (χ2v) is 12.8. The van der Waals surface area contributed by atoms with E-state index in [4.69, 9.17) is 9.51 Å². The van der Waals surface area contributed by atoms with E-state index >= 15 is 0 Å². The molecule has 1 saturated carbocycles. The Hall–Kier alpha value is -2.85. The molecule has 0 N–H and O–H groups in total. The summed E-state index contributed by atoms with van der Waals surface area (Å²) in [6.45, 7) is 1.74. The third-order valence-corrected chi connectivity index (χ3v) is 9.59. The minimum absolute atomic E-state index is 0.288. The standard InChI is InChI=1S/C26H29N5O3S2/c1-36(32,33)20-9-7-17(8-10-20)21-15-35-23-22(21)27-16-28-25(23)31-13-11-19(12-14-31)26-29-24(30-34-26)18-5-3-2-4-6-18/h7-10,15-16,18-19H,2-6,11-14H2,1H3. The van der Waals surface area contributed by atoms with Gasteiger partial charge in [0, 0.05) is 42.1 Å². The van der Waals surface area contributed by atoms with Crippen LogP contribution >= 0.6 is 11.3 Å². The molecule has 36 heavy (non-hydrogen) atoms. The quantitative estimate of drug-likeness (QED) is 0.334. The van der Waals surface area contributed by atoms with Gasteiger partial charge in [0.1, 0.15) is 12.1 Å². The SMILES string of the molecule is CS(=O)(=O)c1ccc(-c2csc3c(N4CCC(c5nc(C6CCCCC6)no5)CC4)ncnc23)cc1. The van der Waals surface area contributed by atoms with Gasteiger partial charge in [-0.2, -0.15) is 4.98 Å². The smallest absolute Gasteiger partial charge is 0.229 e. The summed E-state index contributed by atoms with van der Waals surface area (Å²) in [4.78, 5) is 16.7. The van der Waals surface area contributed by atoms with Gasteiger partial charge in [0.25, 0.3) is 0 Å². The molecule has 0 spiro atoms. The number of piperidine rings is 1. The molecule has 0 radical (unpaired) electrons. The molecule has 1 aliphatic heterocycles. The van der Waals surface area contributed by atoms with Gasteiger partial charge in [-0.25, -0.2) is 18.4 Å². The minimum atomic E-state index is -3.23. The lowest BCUT2D eigenvalue weighted by molar-refractivity contribution is 0.321. The van der Waals surface area contributed by atoms with Crippen LogP contribution in [0.3, 0.4) is 0 Å². The summed E-state index contributed by atoms with van der Waals surface area (Å²) in [6.07, 6.45) is 10.9. The van der Waals surface area contributed by atoms with E-state index in [1.54, 1.807) is 29.8 Å². The molecule has 3 aromatic heterocycles. The summed E-state index contributed by atoms with van der Waals surface area (Å²) in [7, 11) is -3.23. The Morgan fingerprint density at radius 2 is 1.72 bits per heavy atom. The van der Waals surface area contributed by atoms with Gasteiger partial charge >= 0.3 is 0 Å². The molecular weight excluding hydrogens is 494 g/mol. The molecule has 2 fully saturated rings. The number of benzene rings is 1. The van der Waals surface area contributed by atoms with E-state index in [9.17, 15) is 8.42 Å². The van der Waals surface area contributed by atoms with Crippen molar-refractivity contribution in [3.05, 3.63) is 47.7 Å². The van der Waals surface area contributed by atoms with Gasteiger partial charge in [-0.3, -0.25) is 0 Å². The highest BCUT2D eigenvalue weighted by atomic mass is 32.2. The fraction of sp³-hybridized carbons (Fsp3) is 0.462. The molecule has 4 heterocycles. The molecule has 0 unspecified atom stereocenters. The molecular formula is C26H29N5O3S2. The van der Waals surface area contributed by atoms with E-state index in [0.29, 0.717) is 10.8 Å². The first-order chi connectivity index (χ1) is 17.5. The van der Waals surface area contributed by atoms with Crippen molar-refractivity contribution in [2.75, 3.05) is 24.2 Å². The lowest BCUT2D eigenvalue weighted by atomic mass is 9.89. The van der Waals surface area contributed by atoms with Crippen molar-refractivity contribution in [3.63, 3.8) is 0 Å². The first-order valence-corrected chi connectivity index (χ1v) is 15.4. The first kappa shape index (κ1) is 23.5. The minimum Gasteiger partial charge on any atom is -0.355 e. The summed E-state index contributed by atoms with van der Waals surface area (Å²) < 4.78 is 30.4. The van der Waals surface area contributed by atoms with Gasteiger partial charge in [0.2, 0.25) is 5.89 Å². The first-order valence-electron chi connectivity index (χ1n) is 12.6. The van der Waals surface area contributed by atoms with Crippen LogP contribution in [0.4, 0.5) is 5.82 Å². The van der Waals surface area contributed by atoms with Crippen LogP contribution in [-0.4, -0.2) is 47.9 Å². The highest BCUT2D eigenvalue weighted by Crippen LogP contribution is 2.39. The van der Waals surface area contributed by atoms with E-state index in [1.165, 1.54) is 38.4 Å². The van der Waals surface area contributed by atoms with E-state index in [1.807, 2.05) is 12.1 Å². The van der Waals surface area contributed by atoms with Crippen LogP contribution in [0.15, 0.2) is 45.4 Å². The second kappa shape index (κ2) is 9.55. The van der Waals surface area contributed by atoms with Crippen molar-refractivity contribution >= 4 is 37.2 Å². The molecule has 1 aliphatic carbocycles. The highest BCUT2D eigenvalue weighted by Gasteiger charge is 2.29. The molecule has 0 bridgehead atoms. The van der Waals surface area contributed by atoms with Crippen LogP contribution in [0.2, 0.25) is 0 Å². The Kier molecular flexibility index (Phi) is 6.25. The largest absolute Gasteiger partial charge is 0.355 e. The van der Waals surface area contributed by atoms with Crippen LogP contribution in [0.25, 0.3) is 21.3 Å². The van der Waals surface area contributed by atoms with Crippen LogP contribution in [0, 0.1) is 0 Å². The van der Waals surface area contributed by atoms with E-state index in [0.717, 1.165) is 64.8 Å². The van der Waals surface area contributed by atoms with Crippen LogP contribution in [-0.2, 0) is 9.84 Å². The Bertz CT molecular complexity index is 1470. The Balaban J connectivity index is 1.18. The zero-order chi connectivity index (χ0) is 24.7. The lowest BCUT2D eigenvalue weighted by Crippen LogP contribution is -2.33. The number of rotatable bonds is 5. The summed E-state index contributed by atoms with van der Waals surface area (Å²) in [6, 6.07) is 6.99. The average molecular weight is 524 g/mol. The van der Waals surface area contributed by atoms with Gasteiger partial charge in [-0.15, -0.1) is 11.3 Å². The van der Waals surface area contributed by atoms with Crippen molar-refractivity contribution in [1.82, 2.24) is 20.1 Å². The number of anilines is 1. The van der Waals surface area contributed by atoms with Crippen molar-refractivity contribution in [2.45, 2.75) is 61.7 Å². The Morgan fingerprint density at radius 3 is 2.44 bits per heavy atom. The van der Waals surface area contributed by atoms with Crippen molar-refractivity contribution in [1.29, 1.82) is 0 Å². The van der Waals surface area contributed by atoms with Crippen molar-refractivity contribution in [3.8, 4) is 11.1 Å². The fourth-order valence-corrected chi connectivity index (χ4v) is 7.10. The number of nitrogens with zero attached hydrogens (tertiary/aromatic N) is 5. The third kappa shape index (κ3) is 4.52. The number of hydrogen-bond donors (Lipinski definition) is 0. The van der Waals surface area contributed by atoms with Gasteiger partial charge in [0.05, 0.1) is 15.1 Å². The molecule has 10 heteroatoms. The third-order valence-electron chi connectivity index (χ3n) is 7.50. The van der Waals surface area contributed by atoms with Gasteiger partial charge in [-0.1, -0.05) is 36.6 Å². The van der Waals surface area contributed by atoms with E-state index in [2.05, 4.69) is 25.4 Å². The lowest BCUT2D eigenvalue weighted by Gasteiger charge is -2.31. The maximum absolute atomic E-state index is 11.8. The highest BCUT2D eigenvalue weighted by molar-refractivity contribution is 7.90. The van der Waals surface area contributed by atoms with Gasteiger partial charge in [-0.05, 0) is 43.4 Å². The second-order valence-electron chi connectivity index (χ2n) is 9.91. The van der Waals surface area contributed by atoms with Crippen molar-refractivity contribution in [2.24, 2.45) is 0 Å². The maximum Gasteiger partial charge on any atom is 0.229 e. The van der Waals surface area contributed by atoms with Gasteiger partial charge < -0.3 is 9.42 Å². The number of hydrogen-bond acceptors (Lipinski definition) is 9. The number of fused-ring (bicyclic) bond motifs is 1. The topological polar surface area (TPSA) is 102 Å². The summed E-state index contributed by atoms with van der Waals surface area (Å²) in [5.74, 6) is 3.40. The Labute approximate surface area is 214 Å². The molecule has 0 atom stereocenters. The number of thiophene rings is 1. The van der Waals surface area contributed by atoms with Crippen molar-refractivity contribution < 1.29 is 12.9 Å². The summed E-state index contributed by atoms with van der Waals surface area (Å²) in [5.41, 5.74) is 2.84. The fourth-order valence-electron chi connectivity index (χ4n) is 5.43. The molecule has 6 rings (SSSR count). The zero-order valence-electron chi connectivity index (χ0n) is 20.3. The Morgan fingerprint density at radius 1 is 0.972 bits per heavy atom. The van der Waals surface area contributed by atoms with Crippen LogP contribution < -0.4 is 4.90 Å². The molecule has 1 aromatic carbocycles. The monoisotopic (exact) mass is 523 g/mol. The molecule has 8 nitrogen and oxygen atoms in total. The zero-order valence-corrected chi connectivity index (χ0v) is 21.9. The molecule has 4 aromatic rings. The average Bonchev–Trinajstić information content (AvgIpc) is 3.57. The normalized spacial score (nSPS) is 18.2. The molecule has 1 saturated heterocycles. The summed E-state index contributed by atoms with van der Waals surface area (Å²) >= 11 is 1.63. The van der Waals surface area contributed by atoms with Crippen LogP contribution in [0.1, 0.15) is 68.5 Å². The van der Waals surface area contributed by atoms with Crippen LogP contribution in [0.5, 0.6) is 0 Å². The predicted octanol–water partition coefficient (Wildman–Crippen LogP) is 5.58. The molecule has 0 amide bonds. The number of aromatic nitrogens is 4. The number of sulfone groups is 1. The summed E-state index contributed by atoms with van der Waals surface area (Å²) in [5, 5.41) is 6.41. The molecule has 188 valence electrons. The maximum atomic E-state index is 11.8. The van der Waals surface area contributed by atoms with E-state index < -0.39 is 9.84 Å². The van der Waals surface area contributed by atoms with E-state index in [-0.39, 0.29) is 5.92 Å². The molecule has 2 aliphatic rings. The predicted molar refractivity (Wildman–Crippen MR) is 140 cm³/mol. The van der Waals surface area contributed by atoms with Gasteiger partial charge in [0.15, 0.2) is 15.7 Å².